The highest BCUT2D eigenvalue weighted by atomic mass is 35.5. The molecule has 3 aromatic carbocycles. The fourth-order valence-electron chi connectivity index (χ4n) is 2.17. The molecule has 0 atom stereocenters. The average molecular weight is 322 g/mol. The molecule has 0 aliphatic carbocycles. The van der Waals surface area contributed by atoms with Crippen LogP contribution in [0.5, 0.6) is 0 Å². The summed E-state index contributed by atoms with van der Waals surface area (Å²) in [5.41, 5.74) is 9.18. The number of nitrogens with two attached hydrogens (primary N) is 1. The van der Waals surface area contributed by atoms with Crippen molar-refractivity contribution in [3.8, 4) is 0 Å². The number of anilines is 2. The van der Waals surface area contributed by atoms with Gasteiger partial charge in [-0.05, 0) is 30.3 Å². The maximum absolute atomic E-state index is 6.02. The van der Waals surface area contributed by atoms with Crippen molar-refractivity contribution in [1.29, 1.82) is 0 Å². The van der Waals surface area contributed by atoms with Crippen LogP contribution in [0, 0.1) is 0 Å². The van der Waals surface area contributed by atoms with Crippen molar-refractivity contribution < 1.29 is 0 Å². The molecule has 0 spiro atoms. The number of halogens is 1. The Hall–Kier alpha value is -2.78. The first kappa shape index (κ1) is 15.1. The Balaban J connectivity index is 2.02. The zero-order chi connectivity index (χ0) is 16.1. The summed E-state index contributed by atoms with van der Waals surface area (Å²) < 4.78 is 0. The van der Waals surface area contributed by atoms with Crippen LogP contribution in [0.1, 0.15) is 5.56 Å². The van der Waals surface area contributed by atoms with Crippen molar-refractivity contribution in [3.05, 3.63) is 89.4 Å². The summed E-state index contributed by atoms with van der Waals surface area (Å²) in [6.45, 7) is 0. The number of amidine groups is 1. The molecule has 0 aliphatic rings. The second kappa shape index (κ2) is 6.99. The first-order valence-electron chi connectivity index (χ1n) is 7.23. The Bertz CT molecular complexity index is 815. The molecule has 23 heavy (non-hydrogen) atoms. The van der Waals surface area contributed by atoms with E-state index in [1.807, 2.05) is 66.7 Å². The average Bonchev–Trinajstić information content (AvgIpc) is 2.58. The van der Waals surface area contributed by atoms with Crippen LogP contribution < -0.4 is 11.1 Å². The molecule has 4 heteroatoms. The lowest BCUT2D eigenvalue weighted by Gasteiger charge is -2.11. The van der Waals surface area contributed by atoms with E-state index in [2.05, 4.69) is 10.3 Å². The number of para-hydroxylation sites is 1. The van der Waals surface area contributed by atoms with Gasteiger partial charge in [0.05, 0.1) is 11.4 Å². The molecule has 3 rings (SSSR count). The number of nitrogens with one attached hydrogen (secondary N) is 1. The van der Waals surface area contributed by atoms with E-state index < -0.39 is 0 Å². The summed E-state index contributed by atoms with van der Waals surface area (Å²) in [4.78, 5) is 4.69. The lowest BCUT2D eigenvalue weighted by molar-refractivity contribution is 1.46. The van der Waals surface area contributed by atoms with E-state index in [1.165, 1.54) is 0 Å². The minimum atomic E-state index is 0.542. The third-order valence-corrected chi connectivity index (χ3v) is 3.54. The number of nitrogen functional groups attached to an aromatic ring is 1. The van der Waals surface area contributed by atoms with Gasteiger partial charge in [0.1, 0.15) is 5.84 Å². The van der Waals surface area contributed by atoms with Gasteiger partial charge in [0.25, 0.3) is 0 Å². The minimum absolute atomic E-state index is 0.542. The number of hydrogen-bond acceptors (Lipinski definition) is 2. The number of benzene rings is 3. The van der Waals surface area contributed by atoms with Gasteiger partial charge < -0.3 is 11.1 Å². The van der Waals surface area contributed by atoms with Gasteiger partial charge in [0.2, 0.25) is 0 Å². The molecule has 0 fully saturated rings. The maximum Gasteiger partial charge on any atom is 0.138 e. The summed E-state index contributed by atoms with van der Waals surface area (Å²) in [5, 5.41) is 3.94. The van der Waals surface area contributed by atoms with Crippen molar-refractivity contribution >= 4 is 34.5 Å². The minimum Gasteiger partial charge on any atom is -0.397 e. The van der Waals surface area contributed by atoms with E-state index in [9.17, 15) is 0 Å². The lowest BCUT2D eigenvalue weighted by atomic mass is 10.2. The highest BCUT2D eigenvalue weighted by Gasteiger charge is 2.06. The standard InChI is InChI=1S/C19H16ClN3/c20-15-11-12-18(17(21)13-15)23-19(14-7-3-1-4-8-14)22-16-9-5-2-6-10-16/h1-13H,21H2,(H,22,23). The Morgan fingerprint density at radius 2 is 1.52 bits per heavy atom. The highest BCUT2D eigenvalue weighted by Crippen LogP contribution is 2.26. The molecule has 0 amide bonds. The SMILES string of the molecule is Nc1cc(Cl)ccc1N=C(Nc1ccccc1)c1ccccc1. The molecule has 0 unspecified atom stereocenters. The summed E-state index contributed by atoms with van der Waals surface area (Å²) in [7, 11) is 0. The quantitative estimate of drug-likeness (QED) is 0.400. The van der Waals surface area contributed by atoms with Crippen LogP contribution in [0.15, 0.2) is 83.9 Å². The predicted octanol–water partition coefficient (Wildman–Crippen LogP) is 5.11. The Morgan fingerprint density at radius 1 is 0.870 bits per heavy atom. The van der Waals surface area contributed by atoms with Gasteiger partial charge in [-0.15, -0.1) is 0 Å². The summed E-state index contributed by atoms with van der Waals surface area (Å²) in [6, 6.07) is 25.1. The van der Waals surface area contributed by atoms with Gasteiger partial charge in [-0.1, -0.05) is 60.1 Å². The number of nitrogens with zero attached hydrogens (tertiary/aromatic N) is 1. The second-order valence-corrected chi connectivity index (χ2v) is 5.46. The molecule has 0 bridgehead atoms. The van der Waals surface area contributed by atoms with Crippen LogP contribution >= 0.6 is 11.6 Å². The molecule has 0 saturated heterocycles. The van der Waals surface area contributed by atoms with Crippen LogP contribution in [-0.4, -0.2) is 5.84 Å². The first-order chi connectivity index (χ1) is 11.2. The molecule has 3 aromatic rings. The molecular weight excluding hydrogens is 306 g/mol. The van der Waals surface area contributed by atoms with Crippen LogP contribution in [-0.2, 0) is 0 Å². The third kappa shape index (κ3) is 3.90. The van der Waals surface area contributed by atoms with E-state index in [0.717, 1.165) is 17.1 Å². The molecule has 114 valence electrons. The number of hydrogen-bond donors (Lipinski definition) is 2. The summed E-state index contributed by atoms with van der Waals surface area (Å²) in [6.07, 6.45) is 0. The van der Waals surface area contributed by atoms with Crippen molar-refractivity contribution in [2.75, 3.05) is 11.1 Å². The largest absolute Gasteiger partial charge is 0.397 e. The topological polar surface area (TPSA) is 50.4 Å². The lowest BCUT2D eigenvalue weighted by Crippen LogP contribution is -2.13. The Morgan fingerprint density at radius 3 is 2.17 bits per heavy atom. The van der Waals surface area contributed by atoms with Gasteiger partial charge in [0, 0.05) is 16.3 Å². The monoisotopic (exact) mass is 321 g/mol. The second-order valence-electron chi connectivity index (χ2n) is 5.02. The van der Waals surface area contributed by atoms with Crippen molar-refractivity contribution in [2.24, 2.45) is 4.99 Å². The molecule has 0 heterocycles. The molecule has 3 nitrogen and oxygen atoms in total. The molecule has 3 N–H and O–H groups in total. The zero-order valence-corrected chi connectivity index (χ0v) is 13.2. The summed E-state index contributed by atoms with van der Waals surface area (Å²) in [5.74, 6) is 0.728. The van der Waals surface area contributed by atoms with Gasteiger partial charge >= 0.3 is 0 Å². The fourth-order valence-corrected chi connectivity index (χ4v) is 2.35. The van der Waals surface area contributed by atoms with Gasteiger partial charge in [0.15, 0.2) is 0 Å². The smallest absolute Gasteiger partial charge is 0.138 e. The van der Waals surface area contributed by atoms with E-state index >= 15 is 0 Å². The van der Waals surface area contributed by atoms with Gasteiger partial charge in [-0.3, -0.25) is 0 Å². The number of rotatable bonds is 3. The molecule has 0 saturated carbocycles. The summed E-state index contributed by atoms with van der Waals surface area (Å²) >= 11 is 5.96. The van der Waals surface area contributed by atoms with E-state index in [4.69, 9.17) is 17.3 Å². The normalized spacial score (nSPS) is 11.3. The van der Waals surface area contributed by atoms with Crippen LogP contribution in [0.2, 0.25) is 5.02 Å². The van der Waals surface area contributed by atoms with Gasteiger partial charge in [-0.25, -0.2) is 4.99 Å². The van der Waals surface area contributed by atoms with Gasteiger partial charge in [-0.2, -0.15) is 0 Å². The van der Waals surface area contributed by atoms with Crippen molar-refractivity contribution in [3.63, 3.8) is 0 Å². The van der Waals surface area contributed by atoms with Crippen molar-refractivity contribution in [1.82, 2.24) is 0 Å². The predicted molar refractivity (Wildman–Crippen MR) is 98.6 cm³/mol. The molecular formula is C19H16ClN3. The van der Waals surface area contributed by atoms with Crippen LogP contribution in [0.25, 0.3) is 0 Å². The maximum atomic E-state index is 6.02. The first-order valence-corrected chi connectivity index (χ1v) is 7.61. The Labute approximate surface area is 140 Å². The van der Waals surface area contributed by atoms with E-state index in [-0.39, 0.29) is 0 Å². The third-order valence-electron chi connectivity index (χ3n) is 3.31. The highest BCUT2D eigenvalue weighted by molar-refractivity contribution is 6.31. The van der Waals surface area contributed by atoms with Crippen LogP contribution in [0.3, 0.4) is 0 Å². The van der Waals surface area contributed by atoms with E-state index in [1.54, 1.807) is 12.1 Å². The molecule has 0 radical (unpaired) electrons. The fraction of sp³-hybridized carbons (Fsp3) is 0. The molecule has 0 aliphatic heterocycles. The number of aliphatic imine (C=N–C) groups is 1. The molecule has 0 aromatic heterocycles. The van der Waals surface area contributed by atoms with Crippen LogP contribution in [0.4, 0.5) is 17.1 Å². The van der Waals surface area contributed by atoms with Crippen molar-refractivity contribution in [2.45, 2.75) is 0 Å². The van der Waals surface area contributed by atoms with E-state index in [0.29, 0.717) is 16.4 Å². The zero-order valence-electron chi connectivity index (χ0n) is 12.4. The Kier molecular flexibility index (Phi) is 4.60.